The fourth-order valence-electron chi connectivity index (χ4n) is 5.73. The number of carboxylic acid groups (broad SMARTS) is 1. The molecule has 49 heavy (non-hydrogen) atoms. The van der Waals surface area contributed by atoms with Gasteiger partial charge < -0.3 is 39.9 Å². The van der Waals surface area contributed by atoms with E-state index in [9.17, 15) is 47.9 Å². The van der Waals surface area contributed by atoms with Gasteiger partial charge in [-0.25, -0.2) is 22.3 Å². The van der Waals surface area contributed by atoms with Gasteiger partial charge in [0.25, 0.3) is 0 Å². The SMILES string of the molecule is CS(=O)(=O)NCC#Cc1ccc(N2C(=O)C(CC[C@@H](O)c3ccc(F)cc3)[C@@H]2c2ccc(O[C@H]3O[C@@H](C(=O)O)[C@H](O)[C@@H](O)[C@@H]3O)cc2)cc1. The summed E-state index contributed by atoms with van der Waals surface area (Å²) in [6.45, 7) is -0.0626. The molecule has 8 atom stereocenters. The number of carbonyl (C=O) groups excluding carboxylic acids is 1. The highest BCUT2D eigenvalue weighted by Gasteiger charge is 2.49. The Hall–Kier alpha value is -4.40. The number of aliphatic carboxylic acids is 1. The molecule has 15 heteroatoms. The second-order valence-electron chi connectivity index (χ2n) is 11.8. The largest absolute Gasteiger partial charge is 0.479 e. The van der Waals surface area contributed by atoms with Crippen molar-refractivity contribution in [2.75, 3.05) is 17.7 Å². The van der Waals surface area contributed by atoms with Crippen molar-refractivity contribution < 1.29 is 57.4 Å². The van der Waals surface area contributed by atoms with Crippen LogP contribution in [0.5, 0.6) is 5.75 Å². The van der Waals surface area contributed by atoms with Gasteiger partial charge in [0.1, 0.15) is 29.9 Å². The minimum absolute atomic E-state index is 0.0626. The first-order chi connectivity index (χ1) is 23.2. The van der Waals surface area contributed by atoms with E-state index < -0.39 is 70.6 Å². The number of sulfonamides is 1. The molecule has 0 aromatic heterocycles. The first-order valence-corrected chi connectivity index (χ1v) is 17.1. The van der Waals surface area contributed by atoms with E-state index in [0.717, 1.165) is 6.26 Å². The average Bonchev–Trinajstić information content (AvgIpc) is 3.06. The molecule has 260 valence electrons. The van der Waals surface area contributed by atoms with Gasteiger partial charge in [-0.05, 0) is 72.5 Å². The molecule has 2 heterocycles. The van der Waals surface area contributed by atoms with Crippen LogP contribution >= 0.6 is 0 Å². The molecule has 2 aliphatic rings. The van der Waals surface area contributed by atoms with Crippen molar-refractivity contribution in [2.24, 2.45) is 5.92 Å². The molecule has 1 unspecified atom stereocenters. The third-order valence-corrected chi connectivity index (χ3v) is 8.98. The molecule has 0 spiro atoms. The van der Waals surface area contributed by atoms with Crippen molar-refractivity contribution >= 4 is 27.6 Å². The van der Waals surface area contributed by atoms with E-state index in [4.69, 9.17) is 9.47 Å². The minimum Gasteiger partial charge on any atom is -0.479 e. The van der Waals surface area contributed by atoms with Gasteiger partial charge >= 0.3 is 5.97 Å². The molecule has 6 N–H and O–H groups in total. The standard InChI is InChI=1S/C34H35FN2O11S/c1-49(45,46)36-18-2-3-19-4-12-23(13-5-19)37-27(25(32(37)42)16-17-26(38)20-6-10-22(35)11-7-20)21-8-14-24(15-9-21)47-34-30(41)28(39)29(40)31(48-34)33(43)44/h4-15,25-31,34,36,38-41H,16-18H2,1H3,(H,43,44)/t25?,26-,27+,28-,29-,30+,31-,34+/m1/s1. The Balaban J connectivity index is 1.35. The minimum atomic E-state index is -3.38. The molecule has 0 saturated carbocycles. The number of carboxylic acids is 1. The molecule has 13 nitrogen and oxygen atoms in total. The lowest BCUT2D eigenvalue weighted by Crippen LogP contribution is -2.61. The number of aliphatic hydroxyl groups excluding tert-OH is 4. The van der Waals surface area contributed by atoms with E-state index in [1.807, 2.05) is 0 Å². The maximum Gasteiger partial charge on any atom is 0.335 e. The molecular formula is C34H35FN2O11S. The highest BCUT2D eigenvalue weighted by molar-refractivity contribution is 7.88. The maximum absolute atomic E-state index is 13.6. The number of halogens is 1. The number of nitrogens with one attached hydrogen (secondary N) is 1. The maximum atomic E-state index is 13.6. The number of β-lactam (4-membered cyclic amide) rings is 1. The summed E-state index contributed by atoms with van der Waals surface area (Å²) in [5.41, 5.74) is 2.37. The summed E-state index contributed by atoms with van der Waals surface area (Å²) in [5.74, 6) is 3.01. The number of rotatable bonds is 11. The van der Waals surface area contributed by atoms with Crippen LogP contribution in [0.25, 0.3) is 0 Å². The second-order valence-corrected chi connectivity index (χ2v) is 13.6. The number of nitrogens with zero attached hydrogens (tertiary/aromatic N) is 1. The van der Waals surface area contributed by atoms with Crippen molar-refractivity contribution in [3.8, 4) is 17.6 Å². The molecule has 5 rings (SSSR count). The van der Waals surface area contributed by atoms with Crippen LogP contribution in [0.1, 0.15) is 41.7 Å². The summed E-state index contributed by atoms with van der Waals surface area (Å²) in [6, 6.07) is 18.2. The second kappa shape index (κ2) is 15.0. The van der Waals surface area contributed by atoms with Gasteiger partial charge in [-0.2, -0.15) is 0 Å². The van der Waals surface area contributed by atoms with E-state index in [-0.39, 0.29) is 24.6 Å². The van der Waals surface area contributed by atoms with Crippen LogP contribution in [0.3, 0.4) is 0 Å². The molecule has 3 aromatic carbocycles. The summed E-state index contributed by atoms with van der Waals surface area (Å²) in [5, 5.41) is 50.4. The third kappa shape index (κ3) is 8.43. The normalized spacial score (nSPS) is 25.9. The first-order valence-electron chi connectivity index (χ1n) is 15.2. The number of benzene rings is 3. The van der Waals surface area contributed by atoms with Crippen LogP contribution in [0.4, 0.5) is 10.1 Å². The zero-order chi connectivity index (χ0) is 35.5. The van der Waals surface area contributed by atoms with Crippen LogP contribution in [0.15, 0.2) is 72.8 Å². The molecule has 0 radical (unpaired) electrons. The summed E-state index contributed by atoms with van der Waals surface area (Å²) in [6.07, 6.45) is -8.25. The van der Waals surface area contributed by atoms with Gasteiger partial charge in [-0.15, -0.1) is 0 Å². The van der Waals surface area contributed by atoms with Crippen molar-refractivity contribution in [3.63, 3.8) is 0 Å². The monoisotopic (exact) mass is 698 g/mol. The average molecular weight is 699 g/mol. The van der Waals surface area contributed by atoms with Crippen molar-refractivity contribution in [1.29, 1.82) is 0 Å². The van der Waals surface area contributed by atoms with Crippen LogP contribution in [-0.4, -0.2) is 89.3 Å². The van der Waals surface area contributed by atoms with Crippen LogP contribution in [0.2, 0.25) is 0 Å². The van der Waals surface area contributed by atoms with Gasteiger partial charge in [-0.3, -0.25) is 4.79 Å². The Morgan fingerprint density at radius 1 is 1.00 bits per heavy atom. The third-order valence-electron chi connectivity index (χ3n) is 8.31. The number of aliphatic hydroxyl groups is 4. The lowest BCUT2D eigenvalue weighted by molar-refractivity contribution is -0.271. The summed E-state index contributed by atoms with van der Waals surface area (Å²) >= 11 is 0. The van der Waals surface area contributed by atoms with Crippen molar-refractivity contribution in [2.45, 2.75) is 55.7 Å². The predicted octanol–water partition coefficient (Wildman–Crippen LogP) is 1.22. The van der Waals surface area contributed by atoms with E-state index in [0.29, 0.717) is 28.8 Å². The number of hydrogen-bond acceptors (Lipinski definition) is 10. The Kier molecular flexibility index (Phi) is 11.0. The number of hydrogen-bond donors (Lipinski definition) is 6. The van der Waals surface area contributed by atoms with E-state index >= 15 is 0 Å². The van der Waals surface area contributed by atoms with Crippen molar-refractivity contribution in [1.82, 2.24) is 4.72 Å². The Bertz CT molecular complexity index is 1810. The number of amides is 1. The van der Waals surface area contributed by atoms with Gasteiger partial charge in [0, 0.05) is 11.3 Å². The fraction of sp³-hybridized carbons (Fsp3) is 0.353. The summed E-state index contributed by atoms with van der Waals surface area (Å²) in [4.78, 5) is 26.6. The lowest BCUT2D eigenvalue weighted by atomic mass is 9.78. The zero-order valence-electron chi connectivity index (χ0n) is 26.1. The summed E-state index contributed by atoms with van der Waals surface area (Å²) < 4.78 is 49.0. The Labute approximate surface area is 281 Å². The summed E-state index contributed by atoms with van der Waals surface area (Å²) in [7, 11) is -3.38. The number of carbonyl (C=O) groups is 2. The van der Waals surface area contributed by atoms with Crippen molar-refractivity contribution in [3.05, 3.63) is 95.3 Å². The van der Waals surface area contributed by atoms with E-state index in [1.165, 1.54) is 36.4 Å². The van der Waals surface area contributed by atoms with Gasteiger partial charge in [0.05, 0.1) is 30.9 Å². The van der Waals surface area contributed by atoms with Gasteiger partial charge in [0.15, 0.2) is 6.10 Å². The number of anilines is 1. The van der Waals surface area contributed by atoms with E-state index in [2.05, 4.69) is 16.6 Å². The lowest BCUT2D eigenvalue weighted by Gasteiger charge is -2.48. The topological polar surface area (TPSA) is 203 Å². The van der Waals surface area contributed by atoms with Gasteiger partial charge in [0.2, 0.25) is 22.2 Å². The molecule has 0 aliphatic carbocycles. The quantitative estimate of drug-likeness (QED) is 0.124. The fourth-order valence-corrected chi connectivity index (χ4v) is 6.07. The van der Waals surface area contributed by atoms with Gasteiger partial charge in [-0.1, -0.05) is 36.1 Å². The molecule has 2 aliphatic heterocycles. The Morgan fingerprint density at radius 2 is 1.65 bits per heavy atom. The molecule has 2 saturated heterocycles. The highest BCUT2D eigenvalue weighted by atomic mass is 32.2. The van der Waals surface area contributed by atoms with Crippen LogP contribution < -0.4 is 14.4 Å². The first kappa shape index (κ1) is 35.9. The smallest absolute Gasteiger partial charge is 0.335 e. The number of ether oxygens (including phenoxy) is 2. The van der Waals surface area contributed by atoms with E-state index in [1.54, 1.807) is 41.3 Å². The molecule has 3 aromatic rings. The Morgan fingerprint density at radius 3 is 2.27 bits per heavy atom. The molecule has 0 bridgehead atoms. The predicted molar refractivity (Wildman–Crippen MR) is 172 cm³/mol. The van der Waals surface area contributed by atoms with Crippen LogP contribution in [0, 0.1) is 23.6 Å². The molecule has 2 fully saturated rings. The molecular weight excluding hydrogens is 663 g/mol. The van der Waals surface area contributed by atoms with Crippen LogP contribution in [-0.2, 0) is 24.3 Å². The highest BCUT2D eigenvalue weighted by Crippen LogP contribution is 2.46. The molecule has 1 amide bonds. The zero-order valence-corrected chi connectivity index (χ0v) is 26.9.